The van der Waals surface area contributed by atoms with Crippen LogP contribution in [-0.2, 0) is 10.0 Å². The molecule has 23 heavy (non-hydrogen) atoms. The lowest BCUT2D eigenvalue weighted by Gasteiger charge is -2.35. The maximum absolute atomic E-state index is 12.8. The fraction of sp³-hybridized carbons (Fsp3) is 0.533. The van der Waals surface area contributed by atoms with Crippen LogP contribution in [0.2, 0.25) is 0 Å². The number of nitrogens with zero attached hydrogens (tertiary/aromatic N) is 1. The first-order valence-electron chi connectivity index (χ1n) is 7.52. The van der Waals surface area contributed by atoms with Crippen LogP contribution < -0.4 is 10.1 Å². The van der Waals surface area contributed by atoms with Crippen LogP contribution in [0.25, 0.3) is 0 Å². The van der Waals surface area contributed by atoms with E-state index in [1.807, 2.05) is 13.8 Å². The molecule has 2 N–H and O–H groups in total. The van der Waals surface area contributed by atoms with Crippen molar-refractivity contribution in [1.29, 1.82) is 0 Å². The number of aromatic carboxylic acids is 1. The van der Waals surface area contributed by atoms with Crippen LogP contribution in [0, 0.1) is 0 Å². The van der Waals surface area contributed by atoms with Gasteiger partial charge < -0.3 is 15.2 Å². The van der Waals surface area contributed by atoms with Crippen molar-refractivity contribution < 1.29 is 23.1 Å². The molecule has 8 heteroatoms. The zero-order chi connectivity index (χ0) is 17.2. The van der Waals surface area contributed by atoms with Gasteiger partial charge in [-0.15, -0.1) is 0 Å². The zero-order valence-electron chi connectivity index (χ0n) is 13.4. The van der Waals surface area contributed by atoms with Gasteiger partial charge in [0, 0.05) is 25.2 Å². The van der Waals surface area contributed by atoms with Gasteiger partial charge in [0.05, 0.1) is 11.5 Å². The Labute approximate surface area is 136 Å². The molecule has 2 atom stereocenters. The third-order valence-corrected chi connectivity index (χ3v) is 5.47. The number of hydrogen-bond donors (Lipinski definition) is 2. The molecule has 1 fully saturated rings. The van der Waals surface area contributed by atoms with E-state index >= 15 is 0 Å². The summed E-state index contributed by atoms with van der Waals surface area (Å²) < 4.78 is 32.2. The van der Waals surface area contributed by atoms with Crippen molar-refractivity contribution in [1.82, 2.24) is 9.62 Å². The number of carboxylic acids is 1. The first-order valence-corrected chi connectivity index (χ1v) is 8.96. The van der Waals surface area contributed by atoms with Gasteiger partial charge in [-0.25, -0.2) is 13.2 Å². The number of ether oxygens (including phenoxy) is 1. The van der Waals surface area contributed by atoms with Crippen molar-refractivity contribution in [3.8, 4) is 5.75 Å². The van der Waals surface area contributed by atoms with E-state index in [9.17, 15) is 18.3 Å². The molecule has 1 aromatic rings. The number of benzene rings is 1. The minimum atomic E-state index is -3.74. The van der Waals surface area contributed by atoms with Gasteiger partial charge in [-0.05, 0) is 39.0 Å². The summed E-state index contributed by atoms with van der Waals surface area (Å²) in [5.41, 5.74) is -0.149. The molecule has 1 aromatic carbocycles. The summed E-state index contributed by atoms with van der Waals surface area (Å²) >= 11 is 0. The summed E-state index contributed by atoms with van der Waals surface area (Å²) in [6, 6.07) is 4.03. The average Bonchev–Trinajstić information content (AvgIpc) is 2.46. The molecular weight excluding hydrogens is 320 g/mol. The van der Waals surface area contributed by atoms with Crippen molar-refractivity contribution in [2.75, 3.05) is 19.7 Å². The Morgan fingerprint density at radius 1 is 1.35 bits per heavy atom. The molecule has 0 spiro atoms. The predicted molar refractivity (Wildman–Crippen MR) is 85.4 cm³/mol. The Morgan fingerprint density at radius 3 is 2.48 bits per heavy atom. The minimum Gasteiger partial charge on any atom is -0.493 e. The van der Waals surface area contributed by atoms with E-state index in [4.69, 9.17) is 4.74 Å². The Hall–Kier alpha value is -1.64. The number of carbonyl (C=O) groups is 1. The lowest BCUT2D eigenvalue weighted by molar-refractivity contribution is 0.0692. The number of carboxylic acid groups (broad SMARTS) is 1. The number of sulfonamides is 1. The second-order valence-electron chi connectivity index (χ2n) is 5.69. The van der Waals surface area contributed by atoms with Gasteiger partial charge in [0.2, 0.25) is 10.0 Å². The van der Waals surface area contributed by atoms with E-state index in [-0.39, 0.29) is 28.3 Å². The molecule has 7 nitrogen and oxygen atoms in total. The van der Waals surface area contributed by atoms with Crippen molar-refractivity contribution in [2.45, 2.75) is 37.8 Å². The highest BCUT2D eigenvalue weighted by Crippen LogP contribution is 2.26. The summed E-state index contributed by atoms with van der Waals surface area (Å²) in [6.45, 7) is 6.57. The summed E-state index contributed by atoms with van der Waals surface area (Å²) in [5.74, 6) is -1.05. The van der Waals surface area contributed by atoms with Crippen LogP contribution in [0.4, 0.5) is 0 Å². The molecule has 1 aliphatic rings. The lowest BCUT2D eigenvalue weighted by atomic mass is 10.2. The van der Waals surface area contributed by atoms with E-state index < -0.39 is 16.0 Å². The van der Waals surface area contributed by atoms with Gasteiger partial charge >= 0.3 is 5.97 Å². The Bertz CT molecular complexity index is 679. The molecular formula is C15H22N2O5S. The fourth-order valence-electron chi connectivity index (χ4n) is 2.74. The van der Waals surface area contributed by atoms with Crippen LogP contribution in [0.5, 0.6) is 5.75 Å². The maximum Gasteiger partial charge on any atom is 0.339 e. The topological polar surface area (TPSA) is 95.9 Å². The van der Waals surface area contributed by atoms with Gasteiger partial charge in [-0.3, -0.25) is 0 Å². The molecule has 0 bridgehead atoms. The van der Waals surface area contributed by atoms with Crippen molar-refractivity contribution >= 4 is 16.0 Å². The number of hydrogen-bond acceptors (Lipinski definition) is 5. The third kappa shape index (κ3) is 3.82. The maximum atomic E-state index is 12.8. The van der Waals surface area contributed by atoms with Gasteiger partial charge in [0.25, 0.3) is 0 Å². The standard InChI is InChI=1S/C15H22N2O5S/c1-4-22-14-6-5-12(7-13(14)15(18)19)23(20,21)17-8-10(2)16-11(3)9-17/h5-7,10-11,16H,4,8-9H2,1-3H3,(H,18,19). The molecule has 1 aliphatic heterocycles. The van der Waals surface area contributed by atoms with Crippen LogP contribution >= 0.6 is 0 Å². The highest BCUT2D eigenvalue weighted by Gasteiger charge is 2.32. The Kier molecular flexibility index (Phi) is 5.28. The van der Waals surface area contributed by atoms with Crippen molar-refractivity contribution in [2.24, 2.45) is 0 Å². The molecule has 0 radical (unpaired) electrons. The van der Waals surface area contributed by atoms with Crippen LogP contribution in [0.15, 0.2) is 23.1 Å². The van der Waals surface area contributed by atoms with E-state index in [1.54, 1.807) is 6.92 Å². The summed E-state index contributed by atoms with van der Waals surface area (Å²) in [4.78, 5) is 11.3. The molecule has 0 aliphatic carbocycles. The average molecular weight is 342 g/mol. The largest absolute Gasteiger partial charge is 0.493 e. The monoisotopic (exact) mass is 342 g/mol. The SMILES string of the molecule is CCOc1ccc(S(=O)(=O)N2CC(C)NC(C)C2)cc1C(=O)O. The zero-order valence-corrected chi connectivity index (χ0v) is 14.3. The molecule has 0 amide bonds. The smallest absolute Gasteiger partial charge is 0.339 e. The quantitative estimate of drug-likeness (QED) is 0.833. The van der Waals surface area contributed by atoms with E-state index in [0.717, 1.165) is 0 Å². The van der Waals surface area contributed by atoms with Crippen molar-refractivity contribution in [3.63, 3.8) is 0 Å². The van der Waals surface area contributed by atoms with Gasteiger partial charge in [0.1, 0.15) is 11.3 Å². The highest BCUT2D eigenvalue weighted by atomic mass is 32.2. The number of nitrogens with one attached hydrogen (secondary N) is 1. The van der Waals surface area contributed by atoms with E-state index in [2.05, 4.69) is 5.32 Å². The summed E-state index contributed by atoms with van der Waals surface area (Å²) in [5, 5.41) is 12.5. The normalized spacial score (nSPS) is 22.7. The fourth-order valence-corrected chi connectivity index (χ4v) is 4.38. The number of piperazine rings is 1. The van der Waals surface area contributed by atoms with Crippen LogP contribution in [0.3, 0.4) is 0 Å². The molecule has 0 saturated carbocycles. The molecule has 0 aromatic heterocycles. The Morgan fingerprint density at radius 2 is 1.96 bits per heavy atom. The Balaban J connectivity index is 2.40. The van der Waals surface area contributed by atoms with Crippen LogP contribution in [-0.4, -0.2) is 55.6 Å². The summed E-state index contributed by atoms with van der Waals surface area (Å²) in [6.07, 6.45) is 0. The molecule has 1 heterocycles. The molecule has 2 rings (SSSR count). The van der Waals surface area contributed by atoms with Crippen molar-refractivity contribution in [3.05, 3.63) is 23.8 Å². The molecule has 1 saturated heterocycles. The second kappa shape index (κ2) is 6.86. The van der Waals surface area contributed by atoms with Gasteiger partial charge in [0.15, 0.2) is 0 Å². The van der Waals surface area contributed by atoms with Gasteiger partial charge in [-0.2, -0.15) is 4.31 Å². The minimum absolute atomic E-state index is 0.0281. The van der Waals surface area contributed by atoms with Crippen LogP contribution in [0.1, 0.15) is 31.1 Å². The summed E-state index contributed by atoms with van der Waals surface area (Å²) in [7, 11) is -3.74. The highest BCUT2D eigenvalue weighted by molar-refractivity contribution is 7.89. The molecule has 2 unspecified atom stereocenters. The second-order valence-corrected chi connectivity index (χ2v) is 7.62. The number of rotatable bonds is 5. The third-order valence-electron chi connectivity index (χ3n) is 3.64. The predicted octanol–water partition coefficient (Wildman–Crippen LogP) is 1.15. The van der Waals surface area contributed by atoms with Gasteiger partial charge in [-0.1, -0.05) is 0 Å². The van der Waals surface area contributed by atoms with E-state index in [0.29, 0.717) is 19.7 Å². The first kappa shape index (κ1) is 17.7. The van der Waals surface area contributed by atoms with E-state index in [1.165, 1.54) is 22.5 Å². The first-order chi connectivity index (χ1) is 10.8. The molecule has 128 valence electrons. The lowest BCUT2D eigenvalue weighted by Crippen LogP contribution is -2.55.